The largest absolute Gasteiger partial charge is 0.463 e. The molecule has 0 heterocycles. The van der Waals surface area contributed by atoms with Gasteiger partial charge in [-0.15, -0.1) is 0 Å². The van der Waals surface area contributed by atoms with Gasteiger partial charge in [0.25, 0.3) is 0 Å². The van der Waals surface area contributed by atoms with Gasteiger partial charge in [-0.05, 0) is 12.8 Å². The monoisotopic (exact) mass is 771 g/mol. The summed E-state index contributed by atoms with van der Waals surface area (Å²) in [5.41, 5.74) is 0. The second-order valence-corrected chi connectivity index (χ2v) is 13.7. The highest BCUT2D eigenvalue weighted by Gasteiger charge is 2.15. The van der Waals surface area contributed by atoms with E-state index >= 15 is 0 Å². The number of hydrogen-bond acceptors (Lipinski definition) is 15. The van der Waals surface area contributed by atoms with Crippen LogP contribution < -0.4 is 0 Å². The number of hydrogen-bond donors (Lipinski definition) is 6. The lowest BCUT2D eigenvalue weighted by molar-refractivity contribution is -0.149. The highest BCUT2D eigenvalue weighted by molar-refractivity contribution is 5.69. The van der Waals surface area contributed by atoms with Crippen LogP contribution in [-0.2, 0) is 42.7 Å². The number of carbonyl (C=O) groups excluding carboxylic acids is 2. The average Bonchev–Trinajstić information content (AvgIpc) is 3.12. The molecule has 15 nitrogen and oxygen atoms in total. The first kappa shape index (κ1) is 51.5. The van der Waals surface area contributed by atoms with E-state index in [1.54, 1.807) is 0 Å². The number of esters is 2. The van der Waals surface area contributed by atoms with E-state index in [1.807, 2.05) is 0 Å². The highest BCUT2D eigenvalue weighted by atomic mass is 16.6. The zero-order chi connectivity index (χ0) is 39.4. The molecule has 0 fully saturated rings. The lowest BCUT2D eigenvalue weighted by atomic mass is 10.1. The van der Waals surface area contributed by atoms with Gasteiger partial charge >= 0.3 is 11.9 Å². The molecule has 0 amide bonds. The number of unbranched alkanes of at least 4 members (excludes halogenated alkanes) is 12. The molecular weight excluding hydrogens is 696 g/mol. The van der Waals surface area contributed by atoms with Gasteiger partial charge in [0.2, 0.25) is 0 Å². The van der Waals surface area contributed by atoms with E-state index in [1.165, 1.54) is 51.4 Å². The number of ether oxygens (including phenoxy) is 7. The molecule has 0 bridgehead atoms. The second kappa shape index (κ2) is 37.4. The number of carbonyl (C=O) groups is 2. The standard InChI is InChI=1S/C38H74O15/c1-3-5-7-9-11-13-15-17-37(45)52-29-35(43)27-50-25-33(41)23-48-21-31(39)19-47-20-32(40)22-49-24-34(42)26-51-28-36(44)30-53-38(46)18-16-14-12-10-8-6-4-2/h31-36,39-44H,3-30H2,1-2H3. The van der Waals surface area contributed by atoms with Gasteiger partial charge in [-0.2, -0.15) is 0 Å². The zero-order valence-electron chi connectivity index (χ0n) is 32.6. The number of aliphatic hydroxyl groups is 6. The fourth-order valence-electron chi connectivity index (χ4n) is 4.96. The Kier molecular flexibility index (Phi) is 36.4. The fourth-order valence-corrected chi connectivity index (χ4v) is 4.96. The molecule has 6 N–H and O–H groups in total. The van der Waals surface area contributed by atoms with Gasteiger partial charge in [-0.1, -0.05) is 90.9 Å². The van der Waals surface area contributed by atoms with Crippen molar-refractivity contribution in [3.05, 3.63) is 0 Å². The van der Waals surface area contributed by atoms with Crippen molar-refractivity contribution < 1.29 is 73.4 Å². The Morgan fingerprint density at radius 3 is 0.792 bits per heavy atom. The minimum absolute atomic E-state index is 0.124. The molecule has 6 atom stereocenters. The van der Waals surface area contributed by atoms with E-state index in [9.17, 15) is 40.2 Å². The molecule has 0 aromatic heterocycles. The summed E-state index contributed by atoms with van der Waals surface area (Å²) >= 11 is 0. The van der Waals surface area contributed by atoms with Crippen LogP contribution in [0.15, 0.2) is 0 Å². The maximum absolute atomic E-state index is 11.8. The lowest BCUT2D eigenvalue weighted by Gasteiger charge is -2.18. The predicted octanol–water partition coefficient (Wildman–Crippen LogP) is 2.60. The van der Waals surface area contributed by atoms with Crippen molar-refractivity contribution in [2.75, 3.05) is 79.3 Å². The normalized spacial score (nSPS) is 15.1. The molecule has 0 spiro atoms. The second-order valence-electron chi connectivity index (χ2n) is 13.7. The summed E-state index contributed by atoms with van der Waals surface area (Å²) < 4.78 is 36.4. The molecular formula is C38H74O15. The van der Waals surface area contributed by atoms with Crippen molar-refractivity contribution in [2.24, 2.45) is 0 Å². The summed E-state index contributed by atoms with van der Waals surface area (Å²) in [4.78, 5) is 23.6. The van der Waals surface area contributed by atoms with Crippen LogP contribution >= 0.6 is 0 Å². The van der Waals surface area contributed by atoms with Gasteiger partial charge in [0, 0.05) is 12.8 Å². The number of aliphatic hydroxyl groups excluding tert-OH is 6. The van der Waals surface area contributed by atoms with Crippen molar-refractivity contribution in [2.45, 2.75) is 153 Å². The van der Waals surface area contributed by atoms with Crippen molar-refractivity contribution >= 4 is 11.9 Å². The van der Waals surface area contributed by atoms with Crippen LogP contribution in [0.25, 0.3) is 0 Å². The molecule has 0 aliphatic carbocycles. The van der Waals surface area contributed by atoms with E-state index in [-0.39, 0.29) is 91.2 Å². The topological polar surface area (TPSA) is 220 Å². The first-order valence-electron chi connectivity index (χ1n) is 19.9. The molecule has 316 valence electrons. The summed E-state index contributed by atoms with van der Waals surface area (Å²) in [6.45, 7) is 2.68. The Labute approximate surface area is 317 Å². The lowest BCUT2D eigenvalue weighted by Crippen LogP contribution is -2.31. The molecule has 53 heavy (non-hydrogen) atoms. The molecule has 0 aliphatic rings. The van der Waals surface area contributed by atoms with E-state index in [2.05, 4.69) is 13.8 Å². The maximum atomic E-state index is 11.8. The molecule has 0 saturated carbocycles. The third kappa shape index (κ3) is 37.2. The summed E-state index contributed by atoms with van der Waals surface area (Å²) in [6, 6.07) is 0. The average molecular weight is 771 g/mol. The fraction of sp³-hybridized carbons (Fsp3) is 0.947. The van der Waals surface area contributed by atoms with Gasteiger partial charge in [0.05, 0.1) is 66.1 Å². The minimum atomic E-state index is -1.02. The summed E-state index contributed by atoms with van der Waals surface area (Å²) in [6.07, 6.45) is 9.96. The van der Waals surface area contributed by atoms with E-state index in [4.69, 9.17) is 33.2 Å². The highest BCUT2D eigenvalue weighted by Crippen LogP contribution is 2.10. The molecule has 0 saturated heterocycles. The third-order valence-corrected chi connectivity index (χ3v) is 7.94. The van der Waals surface area contributed by atoms with Crippen LogP contribution in [-0.4, -0.2) is 158 Å². The molecule has 0 rings (SSSR count). The van der Waals surface area contributed by atoms with Gasteiger partial charge in [0.15, 0.2) is 0 Å². The Hall–Kier alpha value is -1.50. The van der Waals surface area contributed by atoms with E-state index < -0.39 is 36.6 Å². The molecule has 0 aliphatic heterocycles. The SMILES string of the molecule is CCCCCCCCCC(=O)OCC(O)COCC(O)COCC(O)COCC(O)COCC(O)COCC(O)COC(=O)CCCCCCCCC. The molecule has 0 aromatic carbocycles. The molecule has 15 heteroatoms. The quantitative estimate of drug-likeness (QED) is 0.0390. The molecule has 0 radical (unpaired) electrons. The zero-order valence-corrected chi connectivity index (χ0v) is 32.6. The molecule has 0 aromatic rings. The van der Waals surface area contributed by atoms with Crippen LogP contribution in [0.2, 0.25) is 0 Å². The van der Waals surface area contributed by atoms with Crippen molar-refractivity contribution in [3.8, 4) is 0 Å². The Morgan fingerprint density at radius 1 is 0.340 bits per heavy atom. The van der Waals surface area contributed by atoms with Crippen LogP contribution in [0.1, 0.15) is 117 Å². The smallest absolute Gasteiger partial charge is 0.305 e. The summed E-state index contributed by atoms with van der Waals surface area (Å²) in [7, 11) is 0. The van der Waals surface area contributed by atoms with Gasteiger partial charge < -0.3 is 63.8 Å². The van der Waals surface area contributed by atoms with Crippen molar-refractivity contribution in [3.63, 3.8) is 0 Å². The van der Waals surface area contributed by atoms with Gasteiger partial charge in [0.1, 0.15) is 49.8 Å². The van der Waals surface area contributed by atoms with Crippen molar-refractivity contribution in [1.82, 2.24) is 0 Å². The van der Waals surface area contributed by atoms with Crippen LogP contribution in [0, 0.1) is 0 Å². The predicted molar refractivity (Wildman–Crippen MR) is 197 cm³/mol. The van der Waals surface area contributed by atoms with E-state index in [0.717, 1.165) is 38.5 Å². The van der Waals surface area contributed by atoms with Crippen LogP contribution in [0.3, 0.4) is 0 Å². The first-order chi connectivity index (χ1) is 25.6. The van der Waals surface area contributed by atoms with Crippen LogP contribution in [0.4, 0.5) is 0 Å². The van der Waals surface area contributed by atoms with Crippen LogP contribution in [0.5, 0.6) is 0 Å². The molecule has 6 unspecified atom stereocenters. The van der Waals surface area contributed by atoms with Gasteiger partial charge in [-0.3, -0.25) is 9.59 Å². The maximum Gasteiger partial charge on any atom is 0.305 e. The van der Waals surface area contributed by atoms with E-state index in [0.29, 0.717) is 12.8 Å². The number of rotatable bonds is 40. The van der Waals surface area contributed by atoms with Gasteiger partial charge in [-0.25, -0.2) is 0 Å². The Balaban J connectivity index is 3.70. The van der Waals surface area contributed by atoms with Crippen molar-refractivity contribution in [1.29, 1.82) is 0 Å². The summed E-state index contributed by atoms with van der Waals surface area (Å²) in [5.74, 6) is -0.704. The summed E-state index contributed by atoms with van der Waals surface area (Å²) in [5, 5.41) is 59.9. The Morgan fingerprint density at radius 2 is 0.547 bits per heavy atom. The Bertz CT molecular complexity index is 756. The first-order valence-corrected chi connectivity index (χ1v) is 19.9. The third-order valence-electron chi connectivity index (χ3n) is 7.94. The minimum Gasteiger partial charge on any atom is -0.463 e.